The van der Waals surface area contributed by atoms with Gasteiger partial charge in [0.15, 0.2) is 0 Å². The van der Waals surface area contributed by atoms with E-state index in [1.807, 2.05) is 0 Å². The second-order valence-corrected chi connectivity index (χ2v) is 5.78. The number of rotatable bonds is 3. The zero-order valence-corrected chi connectivity index (χ0v) is 10.8. The molecule has 2 unspecified atom stereocenters. The molecular weight excluding hydrogens is 196 g/mol. The molecule has 1 aliphatic heterocycles. The first-order valence-corrected chi connectivity index (χ1v) is 7.28. The van der Waals surface area contributed by atoms with Gasteiger partial charge in [-0.1, -0.05) is 25.7 Å². The Bertz CT molecular complexity index is 197. The number of hydrogen-bond acceptors (Lipinski definition) is 2. The third-order valence-electron chi connectivity index (χ3n) is 4.72. The van der Waals surface area contributed by atoms with Gasteiger partial charge in [-0.15, -0.1) is 0 Å². The van der Waals surface area contributed by atoms with Gasteiger partial charge in [0.2, 0.25) is 0 Å². The fraction of sp³-hybridized carbons (Fsp3) is 1.00. The predicted octanol–water partition coefficient (Wildman–Crippen LogP) is 2.77. The fourth-order valence-corrected chi connectivity index (χ4v) is 3.74. The summed E-state index contributed by atoms with van der Waals surface area (Å²) in [5, 5.41) is 0. The van der Waals surface area contributed by atoms with Crippen molar-refractivity contribution in [2.45, 2.75) is 70.4 Å². The van der Waals surface area contributed by atoms with Crippen LogP contribution < -0.4 is 5.73 Å². The van der Waals surface area contributed by atoms with E-state index in [1.54, 1.807) is 0 Å². The van der Waals surface area contributed by atoms with Crippen LogP contribution in [0.4, 0.5) is 0 Å². The number of nitrogens with two attached hydrogens (primary N) is 1. The van der Waals surface area contributed by atoms with Crippen LogP contribution in [-0.4, -0.2) is 30.1 Å². The van der Waals surface area contributed by atoms with Gasteiger partial charge in [0, 0.05) is 18.6 Å². The van der Waals surface area contributed by atoms with Crippen LogP contribution in [0.3, 0.4) is 0 Å². The molecule has 2 fully saturated rings. The molecule has 1 saturated carbocycles. The maximum Gasteiger partial charge on any atom is 0.0249 e. The van der Waals surface area contributed by atoms with E-state index in [-0.39, 0.29) is 0 Å². The molecule has 2 aliphatic rings. The first-order chi connectivity index (χ1) is 7.83. The Morgan fingerprint density at radius 2 is 1.75 bits per heavy atom. The van der Waals surface area contributed by atoms with Crippen LogP contribution in [-0.2, 0) is 0 Å². The third-order valence-corrected chi connectivity index (χ3v) is 4.72. The summed E-state index contributed by atoms with van der Waals surface area (Å²) in [6, 6.07) is 1.45. The first-order valence-electron chi connectivity index (χ1n) is 7.28. The van der Waals surface area contributed by atoms with E-state index < -0.39 is 0 Å². The van der Waals surface area contributed by atoms with Crippen molar-refractivity contribution >= 4 is 0 Å². The molecule has 1 heterocycles. The molecule has 0 aromatic carbocycles. The van der Waals surface area contributed by atoms with Crippen LogP contribution in [0.1, 0.15) is 58.3 Å². The summed E-state index contributed by atoms with van der Waals surface area (Å²) < 4.78 is 0. The van der Waals surface area contributed by atoms with Gasteiger partial charge in [-0.05, 0) is 45.1 Å². The van der Waals surface area contributed by atoms with Crippen LogP contribution in [0.25, 0.3) is 0 Å². The molecule has 2 atom stereocenters. The van der Waals surface area contributed by atoms with Gasteiger partial charge < -0.3 is 5.73 Å². The Kier molecular flexibility index (Phi) is 4.66. The lowest BCUT2D eigenvalue weighted by Gasteiger charge is -2.36. The lowest BCUT2D eigenvalue weighted by atomic mass is 9.90. The summed E-state index contributed by atoms with van der Waals surface area (Å²) in [6.45, 7) is 4.54. The first kappa shape index (κ1) is 12.4. The summed E-state index contributed by atoms with van der Waals surface area (Å²) in [6.07, 6.45) is 11.4. The van der Waals surface area contributed by atoms with Crippen molar-refractivity contribution in [1.82, 2.24) is 4.90 Å². The zero-order chi connectivity index (χ0) is 11.4. The summed E-state index contributed by atoms with van der Waals surface area (Å²) >= 11 is 0. The fourth-order valence-electron chi connectivity index (χ4n) is 3.74. The largest absolute Gasteiger partial charge is 0.329 e. The van der Waals surface area contributed by atoms with E-state index in [0.29, 0.717) is 6.04 Å². The average Bonchev–Trinajstić information content (AvgIpc) is 2.57. The maximum atomic E-state index is 6.06. The molecule has 0 spiro atoms. The second-order valence-electron chi connectivity index (χ2n) is 5.78. The van der Waals surface area contributed by atoms with Crippen LogP contribution in [0, 0.1) is 5.92 Å². The number of likely N-dealkylation sites (tertiary alicyclic amines) is 1. The molecule has 2 rings (SSSR count). The van der Waals surface area contributed by atoms with Crippen LogP contribution in [0.5, 0.6) is 0 Å². The summed E-state index contributed by atoms with van der Waals surface area (Å²) in [7, 11) is 0. The van der Waals surface area contributed by atoms with Crippen molar-refractivity contribution in [3.63, 3.8) is 0 Å². The monoisotopic (exact) mass is 224 g/mol. The number of hydrogen-bond donors (Lipinski definition) is 1. The van der Waals surface area contributed by atoms with Gasteiger partial charge in [-0.25, -0.2) is 0 Å². The predicted molar refractivity (Wildman–Crippen MR) is 69.4 cm³/mol. The number of nitrogens with zero attached hydrogens (tertiary/aromatic N) is 1. The van der Waals surface area contributed by atoms with Crippen molar-refractivity contribution in [3.8, 4) is 0 Å². The van der Waals surface area contributed by atoms with E-state index in [2.05, 4.69) is 11.8 Å². The maximum absolute atomic E-state index is 6.06. The van der Waals surface area contributed by atoms with Crippen molar-refractivity contribution in [2.75, 3.05) is 13.1 Å². The van der Waals surface area contributed by atoms with E-state index in [9.17, 15) is 0 Å². The molecule has 0 amide bonds. The molecule has 2 nitrogen and oxygen atoms in total. The minimum atomic E-state index is 0.676. The van der Waals surface area contributed by atoms with Crippen LogP contribution in [0.15, 0.2) is 0 Å². The van der Waals surface area contributed by atoms with Gasteiger partial charge >= 0.3 is 0 Å². The van der Waals surface area contributed by atoms with E-state index in [0.717, 1.165) is 18.5 Å². The highest BCUT2D eigenvalue weighted by molar-refractivity contribution is 4.87. The summed E-state index contributed by atoms with van der Waals surface area (Å²) in [5.41, 5.74) is 6.06. The average molecular weight is 224 g/mol. The SMILES string of the molecule is CC1CCCN1C(CN)C1CCCCCC1. The third kappa shape index (κ3) is 2.78. The van der Waals surface area contributed by atoms with Gasteiger partial charge in [0.25, 0.3) is 0 Å². The smallest absolute Gasteiger partial charge is 0.0249 e. The van der Waals surface area contributed by atoms with Gasteiger partial charge in [0.1, 0.15) is 0 Å². The Labute approximate surface area is 101 Å². The normalized spacial score (nSPS) is 31.5. The quantitative estimate of drug-likeness (QED) is 0.747. The Morgan fingerprint density at radius 1 is 1.06 bits per heavy atom. The minimum Gasteiger partial charge on any atom is -0.329 e. The van der Waals surface area contributed by atoms with Crippen molar-refractivity contribution in [2.24, 2.45) is 11.7 Å². The molecule has 94 valence electrons. The Hall–Kier alpha value is -0.0800. The van der Waals surface area contributed by atoms with E-state index >= 15 is 0 Å². The molecule has 16 heavy (non-hydrogen) atoms. The van der Waals surface area contributed by atoms with Crippen molar-refractivity contribution in [3.05, 3.63) is 0 Å². The standard InChI is InChI=1S/C14H28N2/c1-12-7-6-10-16(12)14(11-15)13-8-4-2-3-5-9-13/h12-14H,2-11,15H2,1H3. The molecule has 2 heteroatoms. The van der Waals surface area contributed by atoms with Crippen LogP contribution in [0.2, 0.25) is 0 Å². The molecule has 0 bridgehead atoms. The Balaban J connectivity index is 1.96. The van der Waals surface area contributed by atoms with E-state index in [4.69, 9.17) is 5.73 Å². The van der Waals surface area contributed by atoms with Crippen molar-refractivity contribution in [1.29, 1.82) is 0 Å². The Morgan fingerprint density at radius 3 is 2.25 bits per heavy atom. The lowest BCUT2D eigenvalue weighted by Crippen LogP contribution is -2.47. The lowest BCUT2D eigenvalue weighted by molar-refractivity contribution is 0.130. The molecule has 0 radical (unpaired) electrons. The highest BCUT2D eigenvalue weighted by Gasteiger charge is 2.32. The highest BCUT2D eigenvalue weighted by atomic mass is 15.2. The topological polar surface area (TPSA) is 29.3 Å². The molecule has 0 aromatic rings. The molecule has 1 aliphatic carbocycles. The van der Waals surface area contributed by atoms with Gasteiger partial charge in [-0.2, -0.15) is 0 Å². The second kappa shape index (κ2) is 6.02. The minimum absolute atomic E-state index is 0.676. The van der Waals surface area contributed by atoms with E-state index in [1.165, 1.54) is 57.9 Å². The van der Waals surface area contributed by atoms with Crippen molar-refractivity contribution < 1.29 is 0 Å². The summed E-state index contributed by atoms with van der Waals surface area (Å²) in [4.78, 5) is 2.70. The van der Waals surface area contributed by atoms with Gasteiger partial charge in [-0.3, -0.25) is 4.90 Å². The summed E-state index contributed by atoms with van der Waals surface area (Å²) in [5.74, 6) is 0.882. The molecule has 2 N–H and O–H groups in total. The molecular formula is C14H28N2. The molecule has 0 aromatic heterocycles. The van der Waals surface area contributed by atoms with Gasteiger partial charge in [0.05, 0.1) is 0 Å². The molecule has 1 saturated heterocycles. The van der Waals surface area contributed by atoms with Crippen LogP contribution >= 0.6 is 0 Å². The highest BCUT2D eigenvalue weighted by Crippen LogP contribution is 2.31. The zero-order valence-electron chi connectivity index (χ0n) is 10.8.